The number of aliphatic hydroxyl groups is 1. The fraction of sp³-hybridized carbons (Fsp3) is 0.115. The van der Waals surface area contributed by atoms with Crippen LogP contribution in [-0.2, 0) is 9.59 Å². The molecular formula is C26H19FN2O5S. The van der Waals surface area contributed by atoms with Gasteiger partial charge in [-0.15, -0.1) is 0 Å². The molecule has 35 heavy (non-hydrogen) atoms. The molecule has 1 amide bonds. The second-order valence-electron chi connectivity index (χ2n) is 7.78. The molecule has 1 atom stereocenters. The van der Waals surface area contributed by atoms with E-state index < -0.39 is 23.5 Å². The van der Waals surface area contributed by atoms with Crippen LogP contribution in [0.3, 0.4) is 0 Å². The zero-order chi connectivity index (χ0) is 24.7. The fourth-order valence-electron chi connectivity index (χ4n) is 4.02. The number of methoxy groups -OCH3 is 2. The van der Waals surface area contributed by atoms with Gasteiger partial charge in [-0.1, -0.05) is 23.5 Å². The van der Waals surface area contributed by atoms with Crippen molar-refractivity contribution in [2.24, 2.45) is 0 Å². The Balaban J connectivity index is 1.69. The predicted molar refractivity (Wildman–Crippen MR) is 130 cm³/mol. The van der Waals surface area contributed by atoms with Gasteiger partial charge in [-0.3, -0.25) is 14.5 Å². The minimum atomic E-state index is -1.000. The highest BCUT2D eigenvalue weighted by atomic mass is 32.1. The SMILES string of the molecule is COc1ccc(C(O)=C2C(=O)C(=O)N(c3nc4ccc(OC)cc4s3)[C@@H]2c2ccc(F)cc2)cc1. The summed E-state index contributed by atoms with van der Waals surface area (Å²) in [5.41, 5.74) is 1.31. The number of hydrogen-bond donors (Lipinski definition) is 1. The molecule has 0 spiro atoms. The van der Waals surface area contributed by atoms with Gasteiger partial charge in [-0.25, -0.2) is 9.37 Å². The number of carbonyl (C=O) groups is 2. The average molecular weight is 491 g/mol. The summed E-state index contributed by atoms with van der Waals surface area (Å²) < 4.78 is 24.9. The molecule has 1 aliphatic heterocycles. The largest absolute Gasteiger partial charge is 0.507 e. The van der Waals surface area contributed by atoms with Crippen LogP contribution in [0.1, 0.15) is 17.2 Å². The monoisotopic (exact) mass is 490 g/mol. The number of anilines is 1. The Morgan fingerprint density at radius 1 is 0.971 bits per heavy atom. The molecular weight excluding hydrogens is 471 g/mol. The van der Waals surface area contributed by atoms with Crippen molar-refractivity contribution in [3.8, 4) is 11.5 Å². The highest BCUT2D eigenvalue weighted by molar-refractivity contribution is 7.22. The number of fused-ring (bicyclic) bond motifs is 1. The third kappa shape index (κ3) is 3.89. The number of benzene rings is 3. The van der Waals surface area contributed by atoms with Gasteiger partial charge in [0.2, 0.25) is 0 Å². The minimum absolute atomic E-state index is 0.108. The number of halogens is 1. The maximum atomic E-state index is 13.7. The van der Waals surface area contributed by atoms with Crippen LogP contribution in [0.4, 0.5) is 9.52 Å². The lowest BCUT2D eigenvalue weighted by Gasteiger charge is -2.23. The van der Waals surface area contributed by atoms with Crippen LogP contribution in [0.2, 0.25) is 0 Å². The van der Waals surface area contributed by atoms with Crippen LogP contribution in [0, 0.1) is 5.82 Å². The van der Waals surface area contributed by atoms with Crippen LogP contribution in [-0.4, -0.2) is 36.0 Å². The number of ether oxygens (including phenoxy) is 2. The van der Waals surface area contributed by atoms with E-state index in [1.165, 1.54) is 47.6 Å². The molecule has 1 aliphatic rings. The smallest absolute Gasteiger partial charge is 0.301 e. The lowest BCUT2D eigenvalue weighted by atomic mass is 9.95. The summed E-state index contributed by atoms with van der Waals surface area (Å²) in [6.07, 6.45) is 0. The minimum Gasteiger partial charge on any atom is -0.507 e. The Bertz CT molecular complexity index is 1480. The van der Waals surface area contributed by atoms with Gasteiger partial charge in [0, 0.05) is 5.56 Å². The number of carbonyl (C=O) groups excluding carboxylic acids is 2. The second-order valence-corrected chi connectivity index (χ2v) is 8.79. The van der Waals surface area contributed by atoms with Crippen molar-refractivity contribution in [3.05, 3.63) is 89.2 Å². The van der Waals surface area contributed by atoms with Crippen molar-refractivity contribution >= 4 is 44.1 Å². The number of amides is 1. The van der Waals surface area contributed by atoms with Gasteiger partial charge in [0.25, 0.3) is 5.78 Å². The Morgan fingerprint density at radius 3 is 2.29 bits per heavy atom. The van der Waals surface area contributed by atoms with E-state index in [0.717, 1.165) is 4.70 Å². The third-order valence-electron chi connectivity index (χ3n) is 5.78. The van der Waals surface area contributed by atoms with E-state index in [2.05, 4.69) is 4.98 Å². The summed E-state index contributed by atoms with van der Waals surface area (Å²) in [6.45, 7) is 0. The molecule has 0 unspecified atom stereocenters. The molecule has 1 saturated heterocycles. The number of ketones is 1. The first-order valence-electron chi connectivity index (χ1n) is 10.6. The van der Waals surface area contributed by atoms with E-state index in [0.29, 0.717) is 28.1 Å². The summed E-state index contributed by atoms with van der Waals surface area (Å²) >= 11 is 1.21. The van der Waals surface area contributed by atoms with Gasteiger partial charge < -0.3 is 14.6 Å². The van der Waals surface area contributed by atoms with Gasteiger partial charge in [0.15, 0.2) is 5.13 Å². The lowest BCUT2D eigenvalue weighted by Crippen LogP contribution is -2.29. The topological polar surface area (TPSA) is 89.0 Å². The highest BCUT2D eigenvalue weighted by Gasteiger charge is 2.48. The highest BCUT2D eigenvalue weighted by Crippen LogP contribution is 2.44. The molecule has 4 aromatic rings. The normalized spacial score (nSPS) is 17.2. The number of hydrogen-bond acceptors (Lipinski definition) is 7. The summed E-state index contributed by atoms with van der Waals surface area (Å²) in [5.74, 6) is -1.30. The van der Waals surface area contributed by atoms with Crippen LogP contribution >= 0.6 is 11.3 Å². The summed E-state index contributed by atoms with van der Waals surface area (Å²) in [5, 5.41) is 11.4. The van der Waals surface area contributed by atoms with Crippen LogP contribution in [0.5, 0.6) is 11.5 Å². The fourth-order valence-corrected chi connectivity index (χ4v) is 5.04. The molecule has 9 heteroatoms. The van der Waals surface area contributed by atoms with Crippen LogP contribution in [0.15, 0.2) is 72.3 Å². The Kier molecular flexibility index (Phi) is 5.70. The number of Topliss-reactive ketones (excluding diaryl/α,β-unsaturated/α-hetero) is 1. The second kappa shape index (κ2) is 8.84. The molecule has 1 aromatic heterocycles. The Labute approximate surface area is 203 Å². The molecule has 0 aliphatic carbocycles. The van der Waals surface area contributed by atoms with Gasteiger partial charge in [-0.05, 0) is 60.2 Å². The predicted octanol–water partition coefficient (Wildman–Crippen LogP) is 5.08. The first-order chi connectivity index (χ1) is 16.9. The standard InChI is InChI=1S/C26H19FN2O5S/c1-33-17-9-5-15(6-10-17)23(30)21-22(14-3-7-16(27)8-4-14)29(25(32)24(21)31)26-28-19-12-11-18(34-2)13-20(19)35-26/h3-13,22,30H,1-2H3/t22-/m1/s1. The van der Waals surface area contributed by atoms with Crippen LogP contribution in [0.25, 0.3) is 16.0 Å². The Morgan fingerprint density at radius 2 is 1.63 bits per heavy atom. The van der Waals surface area contributed by atoms with Crippen molar-refractivity contribution in [2.45, 2.75) is 6.04 Å². The molecule has 2 heterocycles. The van der Waals surface area contributed by atoms with E-state index in [-0.39, 0.29) is 16.5 Å². The molecule has 0 saturated carbocycles. The Hall–Kier alpha value is -4.24. The van der Waals surface area contributed by atoms with E-state index in [1.807, 2.05) is 0 Å². The molecule has 0 radical (unpaired) electrons. The van der Waals surface area contributed by atoms with Crippen molar-refractivity contribution in [1.82, 2.24) is 4.98 Å². The van der Waals surface area contributed by atoms with Crippen molar-refractivity contribution < 1.29 is 28.6 Å². The van der Waals surface area contributed by atoms with Crippen molar-refractivity contribution in [1.29, 1.82) is 0 Å². The first kappa shape index (κ1) is 22.5. The van der Waals surface area contributed by atoms with Gasteiger partial charge in [0.05, 0.1) is 36.1 Å². The average Bonchev–Trinajstić information content (AvgIpc) is 3.41. The molecule has 7 nitrogen and oxygen atoms in total. The third-order valence-corrected chi connectivity index (χ3v) is 6.80. The van der Waals surface area contributed by atoms with E-state index >= 15 is 0 Å². The van der Waals surface area contributed by atoms with Crippen molar-refractivity contribution in [2.75, 3.05) is 19.1 Å². The maximum absolute atomic E-state index is 13.7. The van der Waals surface area contributed by atoms with E-state index in [1.54, 1.807) is 49.6 Å². The van der Waals surface area contributed by atoms with Crippen molar-refractivity contribution in [3.63, 3.8) is 0 Å². The quantitative estimate of drug-likeness (QED) is 0.239. The lowest BCUT2D eigenvalue weighted by molar-refractivity contribution is -0.132. The number of aliphatic hydroxyl groups excluding tert-OH is 1. The van der Waals surface area contributed by atoms with E-state index in [4.69, 9.17) is 9.47 Å². The maximum Gasteiger partial charge on any atom is 0.301 e. The van der Waals surface area contributed by atoms with Crippen LogP contribution < -0.4 is 14.4 Å². The number of thiazole rings is 1. The molecule has 3 aromatic carbocycles. The van der Waals surface area contributed by atoms with Gasteiger partial charge in [-0.2, -0.15) is 0 Å². The molecule has 1 fully saturated rings. The zero-order valence-corrected chi connectivity index (χ0v) is 19.5. The summed E-state index contributed by atoms with van der Waals surface area (Å²) in [4.78, 5) is 32.3. The zero-order valence-electron chi connectivity index (χ0n) is 18.7. The molecule has 1 N–H and O–H groups in total. The first-order valence-corrected chi connectivity index (χ1v) is 11.4. The van der Waals surface area contributed by atoms with Gasteiger partial charge >= 0.3 is 5.91 Å². The summed E-state index contributed by atoms with van der Waals surface area (Å²) in [6, 6.07) is 16.2. The summed E-state index contributed by atoms with van der Waals surface area (Å²) in [7, 11) is 3.07. The number of rotatable bonds is 5. The molecule has 176 valence electrons. The number of aromatic nitrogens is 1. The molecule has 5 rings (SSSR count). The van der Waals surface area contributed by atoms with E-state index in [9.17, 15) is 19.1 Å². The van der Waals surface area contributed by atoms with Gasteiger partial charge in [0.1, 0.15) is 23.1 Å². The number of nitrogens with zero attached hydrogens (tertiary/aromatic N) is 2. The molecule has 0 bridgehead atoms.